The number of carbonyl (C=O) groups is 2. The number of hydrogen-bond donors (Lipinski definition) is 2. The summed E-state index contributed by atoms with van der Waals surface area (Å²) >= 11 is 0. The summed E-state index contributed by atoms with van der Waals surface area (Å²) < 4.78 is 5.87. The molecular formula is C18H32N2O3. The van der Waals surface area contributed by atoms with Gasteiger partial charge in [-0.05, 0) is 38.0 Å². The van der Waals surface area contributed by atoms with Gasteiger partial charge in [0.2, 0.25) is 11.8 Å². The van der Waals surface area contributed by atoms with Crippen LogP contribution < -0.4 is 10.6 Å². The van der Waals surface area contributed by atoms with Crippen LogP contribution in [0, 0.1) is 5.92 Å². The lowest BCUT2D eigenvalue weighted by molar-refractivity contribution is -0.129. The van der Waals surface area contributed by atoms with Crippen LogP contribution in [0.15, 0.2) is 0 Å². The van der Waals surface area contributed by atoms with E-state index >= 15 is 0 Å². The summed E-state index contributed by atoms with van der Waals surface area (Å²) in [5.41, 5.74) is 0. The monoisotopic (exact) mass is 324 g/mol. The average molecular weight is 324 g/mol. The molecule has 5 nitrogen and oxygen atoms in total. The van der Waals surface area contributed by atoms with E-state index in [9.17, 15) is 9.59 Å². The fraction of sp³-hybridized carbons (Fsp3) is 0.889. The molecule has 0 aromatic rings. The SMILES string of the molecule is CC(=O)NC(C(=O)NCCCOC1CCCCC1)C1CCCC1. The molecule has 1 unspecified atom stereocenters. The molecule has 5 heteroatoms. The lowest BCUT2D eigenvalue weighted by atomic mass is 9.97. The van der Waals surface area contributed by atoms with E-state index in [-0.39, 0.29) is 23.8 Å². The lowest BCUT2D eigenvalue weighted by Gasteiger charge is -2.24. The van der Waals surface area contributed by atoms with Crippen LogP contribution in [0.3, 0.4) is 0 Å². The second kappa shape index (κ2) is 9.91. The maximum Gasteiger partial charge on any atom is 0.242 e. The quantitative estimate of drug-likeness (QED) is 0.674. The molecule has 132 valence electrons. The Kier molecular flexibility index (Phi) is 7.86. The largest absolute Gasteiger partial charge is 0.378 e. The van der Waals surface area contributed by atoms with Gasteiger partial charge in [-0.25, -0.2) is 0 Å². The Morgan fingerprint density at radius 2 is 1.70 bits per heavy atom. The molecule has 1 atom stereocenters. The predicted molar refractivity (Wildman–Crippen MR) is 90.0 cm³/mol. The molecule has 0 aromatic carbocycles. The fourth-order valence-corrected chi connectivity index (χ4v) is 3.78. The van der Waals surface area contributed by atoms with Crippen LogP contribution >= 0.6 is 0 Å². The summed E-state index contributed by atoms with van der Waals surface area (Å²) in [5, 5.41) is 5.80. The van der Waals surface area contributed by atoms with Gasteiger partial charge >= 0.3 is 0 Å². The van der Waals surface area contributed by atoms with E-state index in [0.717, 1.165) is 32.1 Å². The van der Waals surface area contributed by atoms with E-state index in [1.165, 1.54) is 39.0 Å². The summed E-state index contributed by atoms with van der Waals surface area (Å²) in [6.07, 6.45) is 11.9. The van der Waals surface area contributed by atoms with Crippen molar-refractivity contribution in [1.29, 1.82) is 0 Å². The van der Waals surface area contributed by atoms with Crippen molar-refractivity contribution in [3.05, 3.63) is 0 Å². The standard InChI is InChI=1S/C18H32N2O3/c1-14(21)20-17(15-8-5-6-9-15)18(22)19-12-7-13-23-16-10-3-2-4-11-16/h15-17H,2-13H2,1H3,(H,19,22)(H,20,21). The minimum atomic E-state index is -0.366. The van der Waals surface area contributed by atoms with Crippen LogP contribution in [0.2, 0.25) is 0 Å². The van der Waals surface area contributed by atoms with Gasteiger partial charge in [-0.3, -0.25) is 9.59 Å². The molecule has 2 N–H and O–H groups in total. The highest BCUT2D eigenvalue weighted by Gasteiger charge is 2.30. The van der Waals surface area contributed by atoms with Crippen LogP contribution in [-0.2, 0) is 14.3 Å². The molecule has 23 heavy (non-hydrogen) atoms. The number of nitrogens with one attached hydrogen (secondary N) is 2. The zero-order valence-electron chi connectivity index (χ0n) is 14.4. The van der Waals surface area contributed by atoms with E-state index in [0.29, 0.717) is 19.3 Å². The fourth-order valence-electron chi connectivity index (χ4n) is 3.78. The first kappa shape index (κ1) is 18.2. The number of hydrogen-bond acceptors (Lipinski definition) is 3. The lowest BCUT2D eigenvalue weighted by Crippen LogP contribution is -2.50. The molecular weight excluding hydrogens is 292 g/mol. The van der Waals surface area contributed by atoms with Gasteiger partial charge < -0.3 is 15.4 Å². The third-order valence-corrected chi connectivity index (χ3v) is 5.04. The van der Waals surface area contributed by atoms with Gasteiger partial charge in [0.05, 0.1) is 6.10 Å². The zero-order chi connectivity index (χ0) is 16.5. The third-order valence-electron chi connectivity index (χ3n) is 5.04. The molecule has 0 radical (unpaired) electrons. The van der Waals surface area contributed by atoms with Crippen LogP contribution in [0.5, 0.6) is 0 Å². The van der Waals surface area contributed by atoms with Crippen LogP contribution in [0.25, 0.3) is 0 Å². The maximum atomic E-state index is 12.4. The van der Waals surface area contributed by atoms with Gasteiger partial charge in [0.25, 0.3) is 0 Å². The van der Waals surface area contributed by atoms with Gasteiger partial charge in [0.1, 0.15) is 6.04 Å². The second-order valence-electron chi connectivity index (χ2n) is 7.00. The molecule has 2 rings (SSSR count). The Morgan fingerprint density at radius 3 is 2.35 bits per heavy atom. The molecule has 2 fully saturated rings. The van der Waals surface area contributed by atoms with Crippen molar-refractivity contribution in [2.75, 3.05) is 13.2 Å². The van der Waals surface area contributed by atoms with Crippen molar-refractivity contribution in [1.82, 2.24) is 10.6 Å². The Hall–Kier alpha value is -1.10. The predicted octanol–water partition coefficient (Wildman–Crippen LogP) is 2.54. The molecule has 0 heterocycles. The third kappa shape index (κ3) is 6.50. The first-order valence-corrected chi connectivity index (χ1v) is 9.33. The van der Waals surface area contributed by atoms with Crippen LogP contribution in [0.1, 0.15) is 71.1 Å². The van der Waals surface area contributed by atoms with Gasteiger partial charge in [-0.15, -0.1) is 0 Å². The van der Waals surface area contributed by atoms with Crippen molar-refractivity contribution < 1.29 is 14.3 Å². The summed E-state index contributed by atoms with van der Waals surface area (Å²) in [4.78, 5) is 23.7. The number of carbonyl (C=O) groups excluding carboxylic acids is 2. The summed E-state index contributed by atoms with van der Waals surface area (Å²) in [6, 6.07) is -0.366. The van der Waals surface area contributed by atoms with Gasteiger partial charge in [-0.2, -0.15) is 0 Å². The molecule has 0 bridgehead atoms. The molecule has 2 amide bonds. The molecule has 0 saturated heterocycles. The van der Waals surface area contributed by atoms with Crippen LogP contribution in [0.4, 0.5) is 0 Å². The maximum absolute atomic E-state index is 12.4. The highest BCUT2D eigenvalue weighted by Crippen LogP contribution is 2.27. The van der Waals surface area contributed by atoms with Crippen molar-refractivity contribution in [2.24, 2.45) is 5.92 Å². The topological polar surface area (TPSA) is 67.4 Å². The van der Waals surface area contributed by atoms with Gasteiger partial charge in [0.15, 0.2) is 0 Å². The van der Waals surface area contributed by atoms with Gasteiger partial charge in [-0.1, -0.05) is 32.1 Å². The number of amides is 2. The van der Waals surface area contributed by atoms with Crippen molar-refractivity contribution >= 4 is 11.8 Å². The van der Waals surface area contributed by atoms with E-state index in [1.54, 1.807) is 0 Å². The molecule has 0 aliphatic heterocycles. The van der Waals surface area contributed by atoms with Crippen molar-refractivity contribution in [3.8, 4) is 0 Å². The summed E-state index contributed by atoms with van der Waals surface area (Å²) in [7, 11) is 0. The first-order valence-electron chi connectivity index (χ1n) is 9.33. The number of ether oxygens (including phenoxy) is 1. The van der Waals surface area contributed by atoms with Crippen molar-refractivity contribution in [2.45, 2.75) is 83.3 Å². The van der Waals surface area contributed by atoms with Crippen molar-refractivity contribution in [3.63, 3.8) is 0 Å². The van der Waals surface area contributed by atoms with E-state index in [2.05, 4.69) is 10.6 Å². The normalized spacial score (nSPS) is 21.1. The van der Waals surface area contributed by atoms with E-state index in [4.69, 9.17) is 4.74 Å². The summed E-state index contributed by atoms with van der Waals surface area (Å²) in [6.45, 7) is 2.81. The second-order valence-corrected chi connectivity index (χ2v) is 7.00. The summed E-state index contributed by atoms with van der Waals surface area (Å²) in [5.74, 6) is 0.125. The Bertz CT molecular complexity index is 374. The molecule has 2 aliphatic rings. The highest BCUT2D eigenvalue weighted by atomic mass is 16.5. The molecule has 2 aliphatic carbocycles. The Morgan fingerprint density at radius 1 is 1.04 bits per heavy atom. The Labute approximate surface area is 139 Å². The molecule has 0 spiro atoms. The minimum Gasteiger partial charge on any atom is -0.378 e. The minimum absolute atomic E-state index is 0.0373. The average Bonchev–Trinajstić information content (AvgIpc) is 3.07. The Balaban J connectivity index is 1.63. The molecule has 0 aromatic heterocycles. The zero-order valence-corrected chi connectivity index (χ0v) is 14.4. The molecule has 2 saturated carbocycles. The first-order chi connectivity index (χ1) is 11.2. The smallest absolute Gasteiger partial charge is 0.242 e. The van der Waals surface area contributed by atoms with Crippen LogP contribution in [-0.4, -0.2) is 37.1 Å². The van der Waals surface area contributed by atoms with Gasteiger partial charge in [0, 0.05) is 20.1 Å². The highest BCUT2D eigenvalue weighted by molar-refractivity contribution is 5.87. The van der Waals surface area contributed by atoms with E-state index < -0.39 is 0 Å². The van der Waals surface area contributed by atoms with E-state index in [1.807, 2.05) is 0 Å². The number of rotatable bonds is 8.